The standard InChI is InChI=1S/C15H11N3O2S/c19-15(13-10-17-21-18-13)20-14(11-6-2-1-3-7-11)12-8-4-5-9-16-12/h1-10,14H/t14-/m0/s1. The second-order valence-electron chi connectivity index (χ2n) is 4.24. The van der Waals surface area contributed by atoms with Crippen LogP contribution in [-0.4, -0.2) is 19.7 Å². The molecule has 0 amide bonds. The number of benzene rings is 1. The summed E-state index contributed by atoms with van der Waals surface area (Å²) < 4.78 is 13.3. The van der Waals surface area contributed by atoms with Gasteiger partial charge in [0.1, 0.15) is 0 Å². The third-order valence-electron chi connectivity index (χ3n) is 2.85. The summed E-state index contributed by atoms with van der Waals surface area (Å²) >= 11 is 0.970. The zero-order chi connectivity index (χ0) is 14.5. The van der Waals surface area contributed by atoms with Crippen molar-refractivity contribution >= 4 is 17.7 Å². The van der Waals surface area contributed by atoms with Crippen molar-refractivity contribution in [2.75, 3.05) is 0 Å². The van der Waals surface area contributed by atoms with Gasteiger partial charge in [0.05, 0.1) is 23.6 Å². The van der Waals surface area contributed by atoms with E-state index in [1.165, 1.54) is 6.20 Å². The molecule has 0 aliphatic heterocycles. The quantitative estimate of drug-likeness (QED) is 0.693. The van der Waals surface area contributed by atoms with E-state index in [4.69, 9.17) is 4.74 Å². The van der Waals surface area contributed by atoms with Gasteiger partial charge >= 0.3 is 5.97 Å². The van der Waals surface area contributed by atoms with Crippen LogP contribution in [0.1, 0.15) is 27.8 Å². The summed E-state index contributed by atoms with van der Waals surface area (Å²) in [5, 5.41) is 0. The number of rotatable bonds is 4. The molecule has 0 fully saturated rings. The van der Waals surface area contributed by atoms with Crippen LogP contribution in [0.5, 0.6) is 0 Å². The molecule has 0 N–H and O–H groups in total. The van der Waals surface area contributed by atoms with Crippen LogP contribution in [0.15, 0.2) is 60.9 Å². The van der Waals surface area contributed by atoms with Crippen molar-refractivity contribution in [2.45, 2.75) is 6.10 Å². The highest BCUT2D eigenvalue weighted by Gasteiger charge is 2.22. The molecule has 3 aromatic rings. The molecule has 0 unspecified atom stereocenters. The Morgan fingerprint density at radius 2 is 1.90 bits per heavy atom. The van der Waals surface area contributed by atoms with Crippen molar-refractivity contribution in [3.8, 4) is 0 Å². The van der Waals surface area contributed by atoms with Crippen molar-refractivity contribution < 1.29 is 9.53 Å². The van der Waals surface area contributed by atoms with Gasteiger partial charge in [0.25, 0.3) is 0 Å². The monoisotopic (exact) mass is 297 g/mol. The topological polar surface area (TPSA) is 65.0 Å². The Balaban J connectivity index is 1.92. The summed E-state index contributed by atoms with van der Waals surface area (Å²) in [4.78, 5) is 16.4. The smallest absolute Gasteiger partial charge is 0.360 e. The normalized spacial score (nSPS) is 11.8. The zero-order valence-corrected chi connectivity index (χ0v) is 11.7. The molecule has 0 spiro atoms. The molecule has 0 aliphatic carbocycles. The molecule has 0 saturated heterocycles. The molecular formula is C15H11N3O2S. The molecule has 1 aromatic carbocycles. The first kappa shape index (κ1) is 13.4. The van der Waals surface area contributed by atoms with E-state index >= 15 is 0 Å². The molecular weight excluding hydrogens is 286 g/mol. The number of ether oxygens (including phenoxy) is 1. The molecule has 104 valence electrons. The van der Waals surface area contributed by atoms with E-state index in [9.17, 15) is 4.79 Å². The van der Waals surface area contributed by atoms with E-state index < -0.39 is 12.1 Å². The predicted octanol–water partition coefficient (Wildman–Crippen LogP) is 2.88. The second kappa shape index (κ2) is 6.23. The van der Waals surface area contributed by atoms with Crippen molar-refractivity contribution in [1.29, 1.82) is 0 Å². The zero-order valence-electron chi connectivity index (χ0n) is 10.9. The first-order valence-corrected chi connectivity index (χ1v) is 7.02. The third kappa shape index (κ3) is 3.11. The molecule has 3 rings (SSSR count). The van der Waals surface area contributed by atoms with Crippen LogP contribution < -0.4 is 0 Å². The lowest BCUT2D eigenvalue weighted by Gasteiger charge is -2.17. The molecule has 0 bridgehead atoms. The van der Waals surface area contributed by atoms with E-state index in [0.29, 0.717) is 5.69 Å². The molecule has 2 heterocycles. The largest absolute Gasteiger partial charge is 0.446 e. The van der Waals surface area contributed by atoms with E-state index in [0.717, 1.165) is 17.3 Å². The van der Waals surface area contributed by atoms with Gasteiger partial charge in [0.2, 0.25) is 0 Å². The maximum Gasteiger partial charge on any atom is 0.360 e. The van der Waals surface area contributed by atoms with Gasteiger partial charge in [-0.3, -0.25) is 4.98 Å². The van der Waals surface area contributed by atoms with Crippen molar-refractivity contribution in [3.63, 3.8) is 0 Å². The Labute approximate surface area is 125 Å². The van der Waals surface area contributed by atoms with Crippen LogP contribution in [-0.2, 0) is 4.74 Å². The van der Waals surface area contributed by atoms with Gasteiger partial charge in [-0.05, 0) is 17.7 Å². The fraction of sp³-hybridized carbons (Fsp3) is 0.0667. The summed E-state index contributed by atoms with van der Waals surface area (Å²) in [5.74, 6) is -0.511. The van der Waals surface area contributed by atoms with Gasteiger partial charge in [0, 0.05) is 6.20 Å². The Kier molecular flexibility index (Phi) is 3.97. The molecule has 0 saturated carbocycles. The van der Waals surface area contributed by atoms with Crippen LogP contribution in [0.4, 0.5) is 0 Å². The highest BCUT2D eigenvalue weighted by atomic mass is 32.1. The maximum atomic E-state index is 12.1. The third-order valence-corrected chi connectivity index (χ3v) is 3.33. The Hall–Kier alpha value is -2.60. The first-order chi connectivity index (χ1) is 10.3. The molecule has 5 nitrogen and oxygen atoms in total. The number of pyridine rings is 1. The summed E-state index contributed by atoms with van der Waals surface area (Å²) in [6.45, 7) is 0. The van der Waals surface area contributed by atoms with Crippen molar-refractivity contribution in [3.05, 3.63) is 77.9 Å². The van der Waals surface area contributed by atoms with Crippen LogP contribution in [0.25, 0.3) is 0 Å². The Bertz CT molecular complexity index is 663. The van der Waals surface area contributed by atoms with E-state index in [-0.39, 0.29) is 5.69 Å². The number of hydrogen-bond acceptors (Lipinski definition) is 6. The minimum Gasteiger partial charge on any atom is -0.446 e. The van der Waals surface area contributed by atoms with E-state index in [1.54, 1.807) is 6.20 Å². The van der Waals surface area contributed by atoms with Gasteiger partial charge in [-0.25, -0.2) is 4.79 Å². The van der Waals surface area contributed by atoms with Gasteiger partial charge in [-0.15, -0.1) is 0 Å². The summed E-state index contributed by atoms with van der Waals surface area (Å²) in [6.07, 6.45) is 2.50. The molecule has 0 radical (unpaired) electrons. The lowest BCUT2D eigenvalue weighted by Crippen LogP contribution is -2.14. The van der Waals surface area contributed by atoms with Gasteiger partial charge in [0.15, 0.2) is 11.8 Å². The second-order valence-corrected chi connectivity index (χ2v) is 4.80. The summed E-state index contributed by atoms with van der Waals surface area (Å²) in [6, 6.07) is 15.0. The van der Waals surface area contributed by atoms with Crippen LogP contribution in [0, 0.1) is 0 Å². The van der Waals surface area contributed by atoms with Gasteiger partial charge < -0.3 is 4.74 Å². The van der Waals surface area contributed by atoms with Gasteiger partial charge in [-0.2, -0.15) is 8.75 Å². The molecule has 6 heteroatoms. The number of carbonyl (C=O) groups is 1. The molecule has 21 heavy (non-hydrogen) atoms. The van der Waals surface area contributed by atoms with Crippen LogP contribution in [0.3, 0.4) is 0 Å². The Morgan fingerprint density at radius 1 is 1.10 bits per heavy atom. The fourth-order valence-corrected chi connectivity index (χ4v) is 2.28. The SMILES string of the molecule is O=C(O[C@@H](c1ccccc1)c1ccccn1)c1cnsn1. The summed E-state index contributed by atoms with van der Waals surface area (Å²) in [7, 11) is 0. The van der Waals surface area contributed by atoms with E-state index in [1.807, 2.05) is 48.5 Å². The fourth-order valence-electron chi connectivity index (χ4n) is 1.88. The average Bonchev–Trinajstić information content (AvgIpc) is 3.09. The number of carbonyl (C=O) groups excluding carboxylic acids is 1. The molecule has 2 aromatic heterocycles. The lowest BCUT2D eigenvalue weighted by molar-refractivity contribution is 0.0365. The number of aromatic nitrogens is 3. The van der Waals surface area contributed by atoms with Crippen LogP contribution in [0.2, 0.25) is 0 Å². The highest BCUT2D eigenvalue weighted by molar-refractivity contribution is 6.99. The minimum atomic E-state index is -0.568. The number of hydrogen-bond donors (Lipinski definition) is 0. The minimum absolute atomic E-state index is 0.205. The lowest BCUT2D eigenvalue weighted by atomic mass is 10.1. The first-order valence-electron chi connectivity index (χ1n) is 6.29. The number of esters is 1. The predicted molar refractivity (Wildman–Crippen MR) is 77.8 cm³/mol. The summed E-state index contributed by atoms with van der Waals surface area (Å²) in [5.41, 5.74) is 1.73. The average molecular weight is 297 g/mol. The van der Waals surface area contributed by atoms with Crippen molar-refractivity contribution in [1.82, 2.24) is 13.7 Å². The van der Waals surface area contributed by atoms with E-state index in [2.05, 4.69) is 13.7 Å². The molecule has 1 atom stereocenters. The maximum absolute atomic E-state index is 12.1. The Morgan fingerprint density at radius 3 is 2.57 bits per heavy atom. The van der Waals surface area contributed by atoms with Gasteiger partial charge in [-0.1, -0.05) is 36.4 Å². The van der Waals surface area contributed by atoms with Crippen LogP contribution >= 0.6 is 11.7 Å². The molecule has 0 aliphatic rings. The highest BCUT2D eigenvalue weighted by Crippen LogP contribution is 2.25. The van der Waals surface area contributed by atoms with Crippen molar-refractivity contribution in [2.24, 2.45) is 0 Å². The number of nitrogens with zero attached hydrogens (tertiary/aromatic N) is 3.